The number of aromatic nitrogens is 1. The van der Waals surface area contributed by atoms with Crippen molar-refractivity contribution in [1.29, 1.82) is 0 Å². The first kappa shape index (κ1) is 28.4. The largest absolute Gasteiger partial charge is 0.385 e. The number of hydrogen-bond donors (Lipinski definition) is 3. The van der Waals surface area contributed by atoms with Crippen molar-refractivity contribution >= 4 is 28.1 Å². The average Bonchev–Trinajstić information content (AvgIpc) is 2.89. The molecule has 0 spiro atoms. The molecule has 0 saturated heterocycles. The normalized spacial score (nSPS) is 16.2. The van der Waals surface area contributed by atoms with Crippen LogP contribution in [-0.2, 0) is 11.3 Å². The second-order valence-corrected chi connectivity index (χ2v) is 9.37. The van der Waals surface area contributed by atoms with E-state index in [4.69, 9.17) is 0 Å². The van der Waals surface area contributed by atoms with Gasteiger partial charge in [0.2, 0.25) is 5.91 Å². The van der Waals surface area contributed by atoms with E-state index in [0.29, 0.717) is 6.54 Å². The van der Waals surface area contributed by atoms with Gasteiger partial charge in [0.05, 0.1) is 5.69 Å². The van der Waals surface area contributed by atoms with Crippen LogP contribution in [0, 0.1) is 6.92 Å². The molecule has 188 valence electrons. The summed E-state index contributed by atoms with van der Waals surface area (Å²) in [6, 6.07) is 12.6. The lowest BCUT2D eigenvalue weighted by Crippen LogP contribution is -2.40. The lowest BCUT2D eigenvalue weighted by atomic mass is 10.0. The number of carbonyl (C=O) groups excluding carboxylic acids is 1. The van der Waals surface area contributed by atoms with E-state index < -0.39 is 0 Å². The van der Waals surface area contributed by atoms with Gasteiger partial charge in [-0.15, -0.1) is 0 Å². The summed E-state index contributed by atoms with van der Waals surface area (Å²) >= 11 is 1.56. The maximum Gasteiger partial charge on any atom is 0.248 e. The van der Waals surface area contributed by atoms with Gasteiger partial charge in [-0.2, -0.15) is 0 Å². The van der Waals surface area contributed by atoms with Crippen molar-refractivity contribution < 1.29 is 4.79 Å². The molecular weight excluding hydrogens is 452 g/mol. The highest BCUT2D eigenvalue weighted by molar-refractivity contribution is 8.09. The van der Waals surface area contributed by atoms with Gasteiger partial charge in [-0.25, -0.2) is 0 Å². The van der Waals surface area contributed by atoms with Crippen LogP contribution in [0.3, 0.4) is 0 Å². The van der Waals surface area contributed by atoms with Crippen molar-refractivity contribution in [1.82, 2.24) is 20.9 Å². The van der Waals surface area contributed by atoms with Crippen LogP contribution in [0.1, 0.15) is 63.4 Å². The first-order chi connectivity index (χ1) is 16.9. The second-order valence-electron chi connectivity index (χ2n) is 8.25. The molecule has 6 heteroatoms. The van der Waals surface area contributed by atoms with Crippen molar-refractivity contribution in [2.75, 3.05) is 7.05 Å². The SMILES string of the molecule is CC.CCC(C)=C(SC(NC)C(=O)NCc1cnc(C2=CC(C)NC=C2)c(C)c1)c1ccccc1. The second kappa shape index (κ2) is 14.5. The summed E-state index contributed by atoms with van der Waals surface area (Å²) < 4.78 is 0. The number of hydrogen-bond acceptors (Lipinski definition) is 5. The maximum absolute atomic E-state index is 13.0. The zero-order valence-electron chi connectivity index (χ0n) is 22.1. The highest BCUT2D eigenvalue weighted by atomic mass is 32.2. The molecule has 5 nitrogen and oxygen atoms in total. The van der Waals surface area contributed by atoms with E-state index in [1.165, 1.54) is 5.57 Å². The summed E-state index contributed by atoms with van der Waals surface area (Å²) in [5.74, 6) is -0.0422. The molecule has 2 atom stereocenters. The first-order valence-electron chi connectivity index (χ1n) is 12.4. The van der Waals surface area contributed by atoms with Gasteiger partial charge in [0, 0.05) is 23.7 Å². The minimum absolute atomic E-state index is 0.0422. The predicted octanol–water partition coefficient (Wildman–Crippen LogP) is 6.04. The third-order valence-corrected chi connectivity index (χ3v) is 7.12. The Labute approximate surface area is 215 Å². The molecule has 0 bridgehead atoms. The fourth-order valence-electron chi connectivity index (χ4n) is 3.66. The van der Waals surface area contributed by atoms with Crippen LogP contribution in [0.2, 0.25) is 0 Å². The maximum atomic E-state index is 13.0. The van der Waals surface area contributed by atoms with Crippen molar-refractivity contribution in [2.24, 2.45) is 0 Å². The molecule has 2 unspecified atom stereocenters. The number of nitrogens with zero attached hydrogens (tertiary/aromatic N) is 1. The Morgan fingerprint density at radius 1 is 1.23 bits per heavy atom. The average molecular weight is 493 g/mol. The van der Waals surface area contributed by atoms with E-state index in [2.05, 4.69) is 72.9 Å². The fourth-order valence-corrected chi connectivity index (χ4v) is 4.82. The van der Waals surface area contributed by atoms with Gasteiger partial charge in [0.25, 0.3) is 0 Å². The van der Waals surface area contributed by atoms with Gasteiger partial charge in [0.15, 0.2) is 0 Å². The summed E-state index contributed by atoms with van der Waals surface area (Å²) in [5, 5.41) is 9.10. The lowest BCUT2D eigenvalue weighted by molar-refractivity contribution is -0.121. The number of pyridine rings is 1. The molecule has 1 aliphatic heterocycles. The van der Waals surface area contributed by atoms with Gasteiger partial charge in [0.1, 0.15) is 5.37 Å². The smallest absolute Gasteiger partial charge is 0.248 e. The molecule has 1 aliphatic rings. The standard InChI is InChI=1S/C27H34N4OS.C2H6/c1-6-18(2)25(22-10-8-7-9-11-22)33-27(28-5)26(32)31-17-21-14-19(3)24(30-16-21)23-12-13-29-20(4)15-23;1-2/h7-16,20,27-29H,6,17H2,1-5H3,(H,31,32);1-2H3. The molecule has 1 amide bonds. The van der Waals surface area contributed by atoms with E-state index in [-0.39, 0.29) is 17.3 Å². The Morgan fingerprint density at radius 3 is 2.54 bits per heavy atom. The fraction of sp³-hybridized carbons (Fsp3) is 0.379. The predicted molar refractivity (Wildman–Crippen MR) is 152 cm³/mol. The monoisotopic (exact) mass is 492 g/mol. The number of amides is 1. The number of aryl methyl sites for hydroxylation is 1. The summed E-state index contributed by atoms with van der Waals surface area (Å²) in [4.78, 5) is 18.8. The number of benzene rings is 1. The Bertz CT molecular complexity index is 1060. The van der Waals surface area contributed by atoms with E-state index in [1.54, 1.807) is 11.8 Å². The third-order valence-electron chi connectivity index (χ3n) is 5.62. The van der Waals surface area contributed by atoms with Crippen LogP contribution in [0.15, 0.2) is 66.5 Å². The third kappa shape index (κ3) is 8.11. The molecule has 0 aliphatic carbocycles. The van der Waals surface area contributed by atoms with Gasteiger partial charge in [-0.05, 0) is 68.8 Å². The van der Waals surface area contributed by atoms with Crippen LogP contribution in [0.5, 0.6) is 0 Å². The molecule has 0 radical (unpaired) electrons. The van der Waals surface area contributed by atoms with Crippen LogP contribution in [0.25, 0.3) is 10.5 Å². The lowest BCUT2D eigenvalue weighted by Gasteiger charge is -2.20. The van der Waals surface area contributed by atoms with Crippen molar-refractivity contribution in [3.8, 4) is 0 Å². The molecule has 2 heterocycles. The Kier molecular flexibility index (Phi) is 11.8. The molecule has 3 rings (SSSR count). The topological polar surface area (TPSA) is 66.0 Å². The zero-order valence-corrected chi connectivity index (χ0v) is 22.9. The molecular formula is C29H40N4OS. The summed E-state index contributed by atoms with van der Waals surface area (Å²) in [5.41, 5.74) is 6.59. The molecule has 0 saturated carbocycles. The molecule has 2 aromatic rings. The molecule has 1 aromatic heterocycles. The number of likely N-dealkylation sites (N-methyl/N-ethyl adjacent to an activating group) is 1. The van der Waals surface area contributed by atoms with Gasteiger partial charge >= 0.3 is 0 Å². The number of carbonyl (C=O) groups is 1. The minimum Gasteiger partial charge on any atom is -0.385 e. The van der Waals surface area contributed by atoms with Gasteiger partial charge in [-0.3, -0.25) is 9.78 Å². The number of thioether (sulfide) groups is 1. The van der Waals surface area contributed by atoms with Crippen LogP contribution >= 0.6 is 11.8 Å². The van der Waals surface area contributed by atoms with Crippen LogP contribution in [0.4, 0.5) is 0 Å². The highest BCUT2D eigenvalue weighted by Gasteiger charge is 2.21. The molecule has 1 aromatic carbocycles. The van der Waals surface area contributed by atoms with Crippen LogP contribution < -0.4 is 16.0 Å². The molecule has 0 fully saturated rings. The van der Waals surface area contributed by atoms with Crippen LogP contribution in [-0.4, -0.2) is 29.4 Å². The summed E-state index contributed by atoms with van der Waals surface area (Å²) in [7, 11) is 1.82. The van der Waals surface area contributed by atoms with E-state index in [9.17, 15) is 4.79 Å². The quantitative estimate of drug-likeness (QED) is 0.372. The molecule has 3 N–H and O–H groups in total. The van der Waals surface area contributed by atoms with Gasteiger partial charge in [-0.1, -0.05) is 80.6 Å². The molecule has 35 heavy (non-hydrogen) atoms. The van der Waals surface area contributed by atoms with Crippen molar-refractivity contribution in [3.63, 3.8) is 0 Å². The van der Waals surface area contributed by atoms with Crippen molar-refractivity contribution in [2.45, 2.75) is 65.9 Å². The van der Waals surface area contributed by atoms with E-state index >= 15 is 0 Å². The Balaban J connectivity index is 0.00000210. The first-order valence-corrected chi connectivity index (χ1v) is 13.3. The summed E-state index contributed by atoms with van der Waals surface area (Å²) in [6.45, 7) is 12.9. The number of allylic oxidation sites excluding steroid dienone is 3. The zero-order chi connectivity index (χ0) is 25.8. The Hall–Kier alpha value is -2.83. The summed E-state index contributed by atoms with van der Waals surface area (Å²) in [6.07, 6.45) is 8.96. The number of rotatable bonds is 9. The van der Waals surface area contributed by atoms with Gasteiger partial charge < -0.3 is 16.0 Å². The van der Waals surface area contributed by atoms with E-state index in [0.717, 1.165) is 39.3 Å². The number of nitrogens with one attached hydrogen (secondary N) is 3. The number of dihydropyridines is 1. The Morgan fingerprint density at radius 2 is 1.94 bits per heavy atom. The van der Waals surface area contributed by atoms with Crippen molar-refractivity contribution in [3.05, 3.63) is 88.9 Å². The van der Waals surface area contributed by atoms with E-state index in [1.807, 2.05) is 57.6 Å². The highest BCUT2D eigenvalue weighted by Crippen LogP contribution is 2.34. The minimum atomic E-state index is -0.387.